The molecule has 1 saturated heterocycles. The van der Waals surface area contributed by atoms with Crippen LogP contribution in [-0.4, -0.2) is 33.8 Å². The van der Waals surface area contributed by atoms with Crippen LogP contribution >= 0.6 is 0 Å². The number of amides is 2. The molecule has 2 fully saturated rings. The molecule has 1 aliphatic heterocycles. The van der Waals surface area contributed by atoms with Crippen LogP contribution in [0.1, 0.15) is 66.7 Å². The largest absolute Gasteiger partial charge is 0.340 e. The lowest BCUT2D eigenvalue weighted by molar-refractivity contribution is -0.167. The fourth-order valence-corrected chi connectivity index (χ4v) is 3.55. The molecule has 0 aromatic heterocycles. The molecule has 2 unspecified atom stereocenters. The number of carbonyl (C=O) groups excluding carboxylic acids is 2. The molecule has 0 aromatic rings. The Morgan fingerprint density at radius 1 is 1.25 bits per heavy atom. The third kappa shape index (κ3) is 1.95. The summed E-state index contributed by atoms with van der Waals surface area (Å²) in [5.41, 5.74) is -1.35. The Labute approximate surface area is 122 Å². The molecule has 0 spiro atoms. The van der Waals surface area contributed by atoms with Gasteiger partial charge in [-0.2, -0.15) is 0 Å². The summed E-state index contributed by atoms with van der Waals surface area (Å²) in [6.45, 7) is 10.1. The molecule has 2 atom stereocenters. The van der Waals surface area contributed by atoms with E-state index in [2.05, 4.69) is 19.2 Å². The smallest absolute Gasteiger partial charge is 0.249 e. The first-order chi connectivity index (χ1) is 9.37. The normalized spacial score (nSPS) is 31.1. The van der Waals surface area contributed by atoms with E-state index in [-0.39, 0.29) is 17.9 Å². The minimum Gasteiger partial charge on any atom is -0.340 e. The molecule has 2 rings (SSSR count). The van der Waals surface area contributed by atoms with Crippen molar-refractivity contribution in [3.63, 3.8) is 0 Å². The first-order valence-electron chi connectivity index (χ1n) is 8.03. The van der Waals surface area contributed by atoms with Crippen molar-refractivity contribution in [2.45, 2.75) is 83.8 Å². The molecule has 4 heteroatoms. The fourth-order valence-electron chi connectivity index (χ4n) is 3.55. The standard InChI is InChI=1S/C16H28N2O2/c1-6-11(4)18-14(20)16(7-2,8-3)17-13(19)15(18,5)12-9-10-12/h11-12H,6-10H2,1-5H3,(H,17,19). The molecule has 2 amide bonds. The molecular weight excluding hydrogens is 252 g/mol. The van der Waals surface area contributed by atoms with Crippen molar-refractivity contribution < 1.29 is 9.59 Å². The maximum atomic E-state index is 13.1. The zero-order chi connectivity index (χ0) is 15.1. The molecule has 4 nitrogen and oxygen atoms in total. The number of piperazine rings is 1. The summed E-state index contributed by atoms with van der Waals surface area (Å²) in [5.74, 6) is 0.488. The summed E-state index contributed by atoms with van der Waals surface area (Å²) in [4.78, 5) is 27.8. The van der Waals surface area contributed by atoms with Crippen molar-refractivity contribution >= 4 is 11.8 Å². The van der Waals surface area contributed by atoms with Gasteiger partial charge in [0.2, 0.25) is 11.8 Å². The van der Waals surface area contributed by atoms with Crippen LogP contribution in [0.2, 0.25) is 0 Å². The minimum atomic E-state index is -0.699. The first kappa shape index (κ1) is 15.3. The predicted molar refractivity (Wildman–Crippen MR) is 79.2 cm³/mol. The Kier molecular flexibility index (Phi) is 3.87. The van der Waals surface area contributed by atoms with Gasteiger partial charge in [0.05, 0.1) is 0 Å². The monoisotopic (exact) mass is 280 g/mol. The summed E-state index contributed by atoms with van der Waals surface area (Å²) in [6.07, 6.45) is 4.29. The van der Waals surface area contributed by atoms with Crippen LogP contribution in [0.15, 0.2) is 0 Å². The van der Waals surface area contributed by atoms with Gasteiger partial charge < -0.3 is 10.2 Å². The lowest BCUT2D eigenvalue weighted by atomic mass is 9.79. The van der Waals surface area contributed by atoms with Crippen molar-refractivity contribution in [1.82, 2.24) is 10.2 Å². The van der Waals surface area contributed by atoms with Gasteiger partial charge in [-0.1, -0.05) is 20.8 Å². The van der Waals surface area contributed by atoms with E-state index in [1.807, 2.05) is 25.7 Å². The van der Waals surface area contributed by atoms with Crippen molar-refractivity contribution in [2.24, 2.45) is 5.92 Å². The van der Waals surface area contributed by atoms with Crippen LogP contribution < -0.4 is 5.32 Å². The number of nitrogens with zero attached hydrogens (tertiary/aromatic N) is 1. The highest BCUT2D eigenvalue weighted by atomic mass is 16.2. The molecule has 1 aliphatic carbocycles. The Hall–Kier alpha value is -1.06. The lowest BCUT2D eigenvalue weighted by Crippen LogP contribution is -2.76. The Bertz CT molecular complexity index is 413. The van der Waals surface area contributed by atoms with E-state index in [0.717, 1.165) is 19.3 Å². The van der Waals surface area contributed by atoms with Gasteiger partial charge in [0, 0.05) is 6.04 Å². The van der Waals surface area contributed by atoms with Gasteiger partial charge in [-0.3, -0.25) is 9.59 Å². The third-order valence-electron chi connectivity index (χ3n) is 5.55. The van der Waals surface area contributed by atoms with Crippen LogP contribution in [0.25, 0.3) is 0 Å². The molecule has 20 heavy (non-hydrogen) atoms. The molecule has 1 N–H and O–H groups in total. The van der Waals surface area contributed by atoms with E-state index < -0.39 is 11.1 Å². The van der Waals surface area contributed by atoms with Gasteiger partial charge in [-0.05, 0) is 51.9 Å². The summed E-state index contributed by atoms with van der Waals surface area (Å²) in [7, 11) is 0. The fraction of sp³-hybridized carbons (Fsp3) is 0.875. The molecule has 2 aliphatic rings. The van der Waals surface area contributed by atoms with Crippen molar-refractivity contribution in [1.29, 1.82) is 0 Å². The molecule has 1 saturated carbocycles. The highest BCUT2D eigenvalue weighted by Crippen LogP contribution is 2.47. The van der Waals surface area contributed by atoms with Gasteiger partial charge in [0.25, 0.3) is 0 Å². The van der Waals surface area contributed by atoms with Crippen molar-refractivity contribution in [3.8, 4) is 0 Å². The van der Waals surface area contributed by atoms with Crippen LogP contribution in [0.5, 0.6) is 0 Å². The molecular formula is C16H28N2O2. The summed E-state index contributed by atoms with van der Waals surface area (Å²) in [6, 6.07) is 0.108. The SMILES string of the molecule is CCC(C)N1C(=O)C(CC)(CC)NC(=O)C1(C)C1CC1. The second-order valence-corrected chi connectivity index (χ2v) is 6.60. The van der Waals surface area contributed by atoms with Gasteiger partial charge in [0.15, 0.2) is 0 Å². The molecule has 0 aromatic carbocycles. The number of nitrogens with one attached hydrogen (secondary N) is 1. The van der Waals surface area contributed by atoms with Gasteiger partial charge >= 0.3 is 0 Å². The molecule has 1 heterocycles. The number of hydrogen-bond donors (Lipinski definition) is 1. The number of rotatable bonds is 5. The highest BCUT2D eigenvalue weighted by molar-refractivity contribution is 6.02. The average Bonchev–Trinajstić information content (AvgIpc) is 3.27. The maximum Gasteiger partial charge on any atom is 0.249 e. The zero-order valence-electron chi connectivity index (χ0n) is 13.5. The number of carbonyl (C=O) groups is 2. The topological polar surface area (TPSA) is 49.4 Å². The molecule has 0 bridgehead atoms. The second kappa shape index (κ2) is 5.05. The van der Waals surface area contributed by atoms with Gasteiger partial charge in [-0.25, -0.2) is 0 Å². The van der Waals surface area contributed by atoms with Crippen LogP contribution in [0.3, 0.4) is 0 Å². The van der Waals surface area contributed by atoms with Crippen molar-refractivity contribution in [3.05, 3.63) is 0 Å². The van der Waals surface area contributed by atoms with E-state index in [0.29, 0.717) is 18.8 Å². The van der Waals surface area contributed by atoms with E-state index >= 15 is 0 Å². The minimum absolute atomic E-state index is 0.0450. The first-order valence-corrected chi connectivity index (χ1v) is 8.03. The van der Waals surface area contributed by atoms with Crippen molar-refractivity contribution in [2.75, 3.05) is 0 Å². The van der Waals surface area contributed by atoms with E-state index in [1.54, 1.807) is 0 Å². The highest BCUT2D eigenvalue weighted by Gasteiger charge is 2.61. The third-order valence-corrected chi connectivity index (χ3v) is 5.55. The van der Waals surface area contributed by atoms with Crippen LogP contribution in [0.4, 0.5) is 0 Å². The summed E-state index contributed by atoms with van der Waals surface area (Å²) in [5, 5.41) is 3.07. The average molecular weight is 280 g/mol. The van der Waals surface area contributed by atoms with Gasteiger partial charge in [0.1, 0.15) is 11.1 Å². The Balaban J connectivity index is 2.47. The quantitative estimate of drug-likeness (QED) is 0.841. The predicted octanol–water partition coefficient (Wildman–Crippen LogP) is 2.47. The number of hydrogen-bond acceptors (Lipinski definition) is 2. The van der Waals surface area contributed by atoms with E-state index in [1.165, 1.54) is 0 Å². The molecule has 114 valence electrons. The van der Waals surface area contributed by atoms with Crippen LogP contribution in [-0.2, 0) is 9.59 Å². The Morgan fingerprint density at radius 2 is 1.80 bits per heavy atom. The second-order valence-electron chi connectivity index (χ2n) is 6.60. The maximum absolute atomic E-state index is 13.1. The Morgan fingerprint density at radius 3 is 2.20 bits per heavy atom. The van der Waals surface area contributed by atoms with Gasteiger partial charge in [-0.15, -0.1) is 0 Å². The zero-order valence-corrected chi connectivity index (χ0v) is 13.5. The summed E-state index contributed by atoms with van der Waals surface area (Å²) < 4.78 is 0. The lowest BCUT2D eigenvalue weighted by Gasteiger charge is -2.53. The van der Waals surface area contributed by atoms with Crippen LogP contribution in [0, 0.1) is 5.92 Å². The van der Waals surface area contributed by atoms with E-state index in [9.17, 15) is 9.59 Å². The summed E-state index contributed by atoms with van der Waals surface area (Å²) >= 11 is 0. The molecule has 0 radical (unpaired) electrons. The van der Waals surface area contributed by atoms with E-state index in [4.69, 9.17) is 0 Å².